The van der Waals surface area contributed by atoms with Crippen LogP contribution in [0.1, 0.15) is 31.0 Å². The van der Waals surface area contributed by atoms with Gasteiger partial charge in [0.15, 0.2) is 5.65 Å². The van der Waals surface area contributed by atoms with Crippen LogP contribution < -0.4 is 11.1 Å². The fourth-order valence-electron chi connectivity index (χ4n) is 3.78. The summed E-state index contributed by atoms with van der Waals surface area (Å²) in [5, 5.41) is 8.51. The number of anilines is 2. The molecule has 0 amide bonds. The number of nitrogens with one attached hydrogen (secondary N) is 1. The van der Waals surface area contributed by atoms with Crippen LogP contribution >= 0.6 is 0 Å². The maximum atomic E-state index is 13.5. The number of nitrogens with two attached hydrogens (primary N) is 1. The molecule has 7 nitrogen and oxygen atoms in total. The summed E-state index contributed by atoms with van der Waals surface area (Å²) in [6.45, 7) is 4.77. The number of hydrogen-bond donors (Lipinski definition) is 2. The lowest BCUT2D eigenvalue weighted by molar-refractivity contribution is 0.627. The van der Waals surface area contributed by atoms with Gasteiger partial charge in [-0.2, -0.15) is 4.98 Å². The quantitative estimate of drug-likeness (QED) is 0.361. The lowest BCUT2D eigenvalue weighted by Crippen LogP contribution is -2.06. The van der Waals surface area contributed by atoms with Crippen LogP contribution in [0.15, 0.2) is 72.9 Å². The summed E-state index contributed by atoms with van der Waals surface area (Å²) < 4.78 is 15.0. The number of nitrogens with zero attached hydrogens (tertiary/aromatic N) is 5. The van der Waals surface area contributed by atoms with Crippen LogP contribution in [0.5, 0.6) is 0 Å². The first-order valence-corrected chi connectivity index (χ1v) is 11.1. The largest absolute Gasteiger partial charge is 0.383 e. The molecule has 34 heavy (non-hydrogen) atoms. The first-order chi connectivity index (χ1) is 16.5. The van der Waals surface area contributed by atoms with Gasteiger partial charge in [-0.25, -0.2) is 14.1 Å². The number of nitrogen functional groups attached to an aromatic ring is 1. The van der Waals surface area contributed by atoms with Crippen molar-refractivity contribution in [3.05, 3.63) is 90.0 Å². The maximum absolute atomic E-state index is 13.5. The third-order valence-electron chi connectivity index (χ3n) is 5.64. The summed E-state index contributed by atoms with van der Waals surface area (Å²) in [6.07, 6.45) is 1.74. The Kier molecular flexibility index (Phi) is 5.63. The Balaban J connectivity index is 1.63. The Morgan fingerprint density at radius 1 is 0.971 bits per heavy atom. The van der Waals surface area contributed by atoms with Crippen LogP contribution in [0, 0.1) is 5.82 Å². The van der Waals surface area contributed by atoms with E-state index in [0.717, 1.165) is 11.3 Å². The number of pyridine rings is 1. The highest BCUT2D eigenvalue weighted by Gasteiger charge is 2.19. The summed E-state index contributed by atoms with van der Waals surface area (Å²) in [5.74, 6) is 0.901. The van der Waals surface area contributed by atoms with Crippen LogP contribution in [-0.2, 0) is 6.54 Å². The van der Waals surface area contributed by atoms with Crippen molar-refractivity contribution in [3.8, 4) is 16.9 Å². The molecule has 0 saturated heterocycles. The summed E-state index contributed by atoms with van der Waals surface area (Å²) in [5.41, 5.74) is 11.3. The van der Waals surface area contributed by atoms with Crippen molar-refractivity contribution >= 4 is 22.8 Å². The van der Waals surface area contributed by atoms with E-state index >= 15 is 0 Å². The molecule has 3 aromatic heterocycles. The predicted octanol–water partition coefficient (Wildman–Crippen LogP) is 5.33. The van der Waals surface area contributed by atoms with Crippen molar-refractivity contribution in [1.82, 2.24) is 24.7 Å². The van der Waals surface area contributed by atoms with Gasteiger partial charge in [0.1, 0.15) is 11.6 Å². The molecule has 0 aliphatic rings. The van der Waals surface area contributed by atoms with E-state index in [4.69, 9.17) is 10.7 Å². The van der Waals surface area contributed by atoms with Gasteiger partial charge in [-0.15, -0.1) is 5.10 Å². The third kappa shape index (κ3) is 4.17. The molecule has 8 heteroatoms. The minimum absolute atomic E-state index is 0.328. The monoisotopic (exact) mass is 453 g/mol. The molecular formula is C26H24FN7. The minimum atomic E-state index is -0.328. The zero-order chi connectivity index (χ0) is 23.7. The smallest absolute Gasteiger partial charge is 0.225 e. The zero-order valence-corrected chi connectivity index (χ0v) is 18.9. The van der Waals surface area contributed by atoms with Gasteiger partial charge in [0, 0.05) is 11.8 Å². The van der Waals surface area contributed by atoms with Crippen LogP contribution in [0.4, 0.5) is 16.2 Å². The second-order valence-electron chi connectivity index (χ2n) is 8.32. The second kappa shape index (κ2) is 8.90. The highest BCUT2D eigenvalue weighted by Crippen LogP contribution is 2.33. The number of aromatic nitrogens is 5. The SMILES string of the molecule is CC(C)c1ccc(-c2nc(NCc3ccccn3)nc3nn(-c4ccc(F)cc4)c(N)c23)cc1. The molecule has 0 bridgehead atoms. The first-order valence-electron chi connectivity index (χ1n) is 11.1. The van der Waals surface area contributed by atoms with Crippen LogP contribution in [0.2, 0.25) is 0 Å². The van der Waals surface area contributed by atoms with E-state index < -0.39 is 0 Å². The molecule has 0 aliphatic heterocycles. The normalized spacial score (nSPS) is 11.3. The average Bonchev–Trinajstić information content (AvgIpc) is 3.19. The molecule has 170 valence electrons. The number of hydrogen-bond acceptors (Lipinski definition) is 6. The van der Waals surface area contributed by atoms with Crippen LogP contribution in [0.25, 0.3) is 28.0 Å². The Morgan fingerprint density at radius 3 is 2.41 bits per heavy atom. The number of halogens is 1. The Bertz CT molecular complexity index is 1430. The van der Waals surface area contributed by atoms with Gasteiger partial charge in [-0.3, -0.25) is 4.98 Å². The minimum Gasteiger partial charge on any atom is -0.383 e. The molecule has 0 saturated carbocycles. The second-order valence-corrected chi connectivity index (χ2v) is 8.32. The number of rotatable bonds is 6. The van der Waals surface area contributed by atoms with Gasteiger partial charge < -0.3 is 11.1 Å². The van der Waals surface area contributed by atoms with Crippen LogP contribution in [0.3, 0.4) is 0 Å². The molecule has 0 aliphatic carbocycles. The van der Waals surface area contributed by atoms with Crippen molar-refractivity contribution in [1.29, 1.82) is 0 Å². The summed E-state index contributed by atoms with van der Waals surface area (Å²) in [6, 6.07) is 20.0. The van der Waals surface area contributed by atoms with E-state index in [9.17, 15) is 4.39 Å². The number of benzene rings is 2. The summed E-state index contributed by atoms with van der Waals surface area (Å²) >= 11 is 0. The molecule has 5 rings (SSSR count). The van der Waals surface area contributed by atoms with Crippen molar-refractivity contribution < 1.29 is 4.39 Å². The standard InChI is InChI=1S/C26H24FN7/c1-16(2)17-6-8-18(9-7-17)23-22-24(28)34(21-12-10-19(27)11-13-21)33-25(22)32-26(31-23)30-15-20-5-3-4-14-29-20/h3-14,16H,15,28H2,1-2H3,(H,30,32,33). The topological polar surface area (TPSA) is 94.5 Å². The highest BCUT2D eigenvalue weighted by atomic mass is 19.1. The third-order valence-corrected chi connectivity index (χ3v) is 5.64. The molecular weight excluding hydrogens is 429 g/mol. The molecule has 0 fully saturated rings. The van der Waals surface area contributed by atoms with Gasteiger partial charge in [-0.1, -0.05) is 44.2 Å². The van der Waals surface area contributed by atoms with E-state index in [1.807, 2.05) is 30.3 Å². The molecule has 0 radical (unpaired) electrons. The maximum Gasteiger partial charge on any atom is 0.225 e. The Hall–Kier alpha value is -4.33. The van der Waals surface area contributed by atoms with E-state index in [1.165, 1.54) is 17.7 Å². The van der Waals surface area contributed by atoms with Crippen LogP contribution in [-0.4, -0.2) is 24.7 Å². The van der Waals surface area contributed by atoms with Gasteiger partial charge in [-0.05, 0) is 47.9 Å². The lowest BCUT2D eigenvalue weighted by Gasteiger charge is -2.10. The van der Waals surface area contributed by atoms with E-state index in [1.54, 1.807) is 23.0 Å². The molecule has 0 spiro atoms. The van der Waals surface area contributed by atoms with E-state index in [0.29, 0.717) is 46.6 Å². The highest BCUT2D eigenvalue weighted by molar-refractivity contribution is 5.99. The van der Waals surface area contributed by atoms with Crippen molar-refractivity contribution in [2.75, 3.05) is 11.1 Å². The van der Waals surface area contributed by atoms with Crippen molar-refractivity contribution in [2.45, 2.75) is 26.3 Å². The summed E-state index contributed by atoms with van der Waals surface area (Å²) in [7, 11) is 0. The Morgan fingerprint density at radius 2 is 1.74 bits per heavy atom. The predicted molar refractivity (Wildman–Crippen MR) is 132 cm³/mol. The average molecular weight is 454 g/mol. The van der Waals surface area contributed by atoms with Gasteiger partial charge in [0.25, 0.3) is 0 Å². The molecule has 0 atom stereocenters. The van der Waals surface area contributed by atoms with Crippen molar-refractivity contribution in [2.24, 2.45) is 0 Å². The molecule has 0 unspecified atom stereocenters. The van der Waals surface area contributed by atoms with Gasteiger partial charge >= 0.3 is 0 Å². The molecule has 2 aromatic carbocycles. The Labute approximate surface area is 196 Å². The van der Waals surface area contributed by atoms with Gasteiger partial charge in [0.05, 0.1) is 29.0 Å². The van der Waals surface area contributed by atoms with E-state index in [-0.39, 0.29) is 5.82 Å². The first kappa shape index (κ1) is 21.5. The molecule has 5 aromatic rings. The lowest BCUT2D eigenvalue weighted by atomic mass is 10.00. The fraction of sp³-hybridized carbons (Fsp3) is 0.154. The molecule has 3 N–H and O–H groups in total. The fourth-order valence-corrected chi connectivity index (χ4v) is 3.78. The zero-order valence-electron chi connectivity index (χ0n) is 18.9. The van der Waals surface area contributed by atoms with E-state index in [2.05, 4.69) is 46.4 Å². The van der Waals surface area contributed by atoms with Crippen molar-refractivity contribution in [3.63, 3.8) is 0 Å². The number of fused-ring (bicyclic) bond motifs is 1. The molecule has 3 heterocycles. The summed E-state index contributed by atoms with van der Waals surface area (Å²) in [4.78, 5) is 13.7. The van der Waals surface area contributed by atoms with Gasteiger partial charge in [0.2, 0.25) is 5.95 Å².